The van der Waals surface area contributed by atoms with Gasteiger partial charge in [-0.1, -0.05) is 44.5 Å². The molecule has 2 atom stereocenters. The van der Waals surface area contributed by atoms with Gasteiger partial charge in [-0.25, -0.2) is 17.5 Å². The maximum absolute atomic E-state index is 15.2. The number of nitro groups is 1. The first-order chi connectivity index (χ1) is 35.5. The number of aromatic nitrogens is 2. The van der Waals surface area contributed by atoms with Crippen LogP contribution in [0, 0.1) is 27.3 Å². The van der Waals surface area contributed by atoms with Crippen molar-refractivity contribution in [2.24, 2.45) is 11.3 Å². The van der Waals surface area contributed by atoms with Crippen LogP contribution in [0.1, 0.15) is 112 Å². The van der Waals surface area contributed by atoms with Gasteiger partial charge in [-0.2, -0.15) is 4.98 Å². The Morgan fingerprint density at radius 2 is 1.74 bits per heavy atom. The second kappa shape index (κ2) is 21.4. The third-order valence-electron chi connectivity index (χ3n) is 16.4. The van der Waals surface area contributed by atoms with E-state index in [2.05, 4.69) is 72.8 Å². The average molecular weight is 1040 g/mol. The Morgan fingerprint density at radius 3 is 2.49 bits per heavy atom. The van der Waals surface area contributed by atoms with E-state index in [9.17, 15) is 28.4 Å². The molecule has 5 fully saturated rings. The predicted octanol–water partition coefficient (Wildman–Crippen LogP) is 8.95. The molecule has 2 saturated carbocycles. The number of morpholine rings is 1. The lowest BCUT2D eigenvalue weighted by atomic mass is 9.70. The summed E-state index contributed by atoms with van der Waals surface area (Å²) in [5, 5.41) is 25.9. The fourth-order valence-electron chi connectivity index (χ4n) is 12.0. The van der Waals surface area contributed by atoms with Crippen LogP contribution in [0.15, 0.2) is 77.8 Å². The SMILES string of the molecule is CC(C)c1ccccc1[C@H]1CCC[C@H]1N1CC2(CCN(c3ccc(C(=O)NS(=O)(=O)c4ccc(NCC5CCC(C)(O)CC5)c([N+](=O)[O-])c4)c(Oc4cc5c(F)c[nH]c5nc4OCCN4CCOCC4)c3)CC2)C1. The number of piperidine rings is 1. The molecule has 5 heterocycles. The summed E-state index contributed by atoms with van der Waals surface area (Å²) in [7, 11) is -4.69. The number of fused-ring (bicyclic) bond motifs is 1. The van der Waals surface area contributed by atoms with E-state index in [1.54, 1.807) is 19.1 Å². The minimum atomic E-state index is -4.69. The second-order valence-electron chi connectivity index (χ2n) is 21.9. The summed E-state index contributed by atoms with van der Waals surface area (Å²) in [6.45, 7) is 13.8. The van der Waals surface area contributed by atoms with Gasteiger partial charge in [0.1, 0.15) is 29.5 Å². The first kappa shape index (κ1) is 51.6. The first-order valence-corrected chi connectivity index (χ1v) is 27.8. The number of benzene rings is 3. The van der Waals surface area contributed by atoms with Crippen LogP contribution < -0.4 is 24.4 Å². The molecular formula is C55H69FN8O9S. The van der Waals surface area contributed by atoms with Crippen LogP contribution in [0.25, 0.3) is 11.0 Å². The van der Waals surface area contributed by atoms with Gasteiger partial charge in [0.15, 0.2) is 5.75 Å². The third kappa shape index (κ3) is 11.2. The van der Waals surface area contributed by atoms with Gasteiger partial charge in [0.05, 0.1) is 39.6 Å². The Kier molecular flexibility index (Phi) is 14.9. The van der Waals surface area contributed by atoms with Gasteiger partial charge in [0.25, 0.3) is 27.5 Å². The zero-order valence-corrected chi connectivity index (χ0v) is 43.4. The highest BCUT2D eigenvalue weighted by Crippen LogP contribution is 2.49. The zero-order chi connectivity index (χ0) is 51.8. The summed E-state index contributed by atoms with van der Waals surface area (Å²) in [5.74, 6) is -0.409. The number of rotatable bonds is 17. The van der Waals surface area contributed by atoms with E-state index in [-0.39, 0.29) is 57.6 Å². The molecule has 1 spiro atoms. The molecule has 0 bridgehead atoms. The van der Waals surface area contributed by atoms with E-state index >= 15 is 4.39 Å². The first-order valence-electron chi connectivity index (χ1n) is 26.4. The fourth-order valence-corrected chi connectivity index (χ4v) is 13.0. The van der Waals surface area contributed by atoms with Crippen molar-refractivity contribution in [1.82, 2.24) is 24.5 Å². The summed E-state index contributed by atoms with van der Waals surface area (Å²) in [5.41, 5.74) is 2.92. The molecule has 4 N–H and O–H groups in total. The number of hydrogen-bond donors (Lipinski definition) is 4. The number of likely N-dealkylation sites (tertiary alicyclic amines) is 1. The minimum absolute atomic E-state index is 0.0118. The Labute approximate surface area is 432 Å². The number of aliphatic hydroxyl groups is 1. The van der Waals surface area contributed by atoms with Crippen molar-refractivity contribution < 1.29 is 41.8 Å². The average Bonchev–Trinajstić information content (AvgIpc) is 4.01. The Bertz CT molecular complexity index is 2950. The quantitative estimate of drug-likeness (QED) is 0.0507. The number of anilines is 2. The number of halogens is 1. The van der Waals surface area contributed by atoms with Crippen LogP contribution in [-0.2, 0) is 14.8 Å². The largest absolute Gasteiger partial charge is 0.474 e. The number of H-pyrrole nitrogens is 1. The van der Waals surface area contributed by atoms with Crippen molar-refractivity contribution in [3.05, 3.63) is 106 Å². The molecule has 0 radical (unpaired) electrons. The monoisotopic (exact) mass is 1040 g/mol. The number of ether oxygens (including phenoxy) is 3. The van der Waals surface area contributed by atoms with Crippen LogP contribution >= 0.6 is 0 Å². The zero-order valence-electron chi connectivity index (χ0n) is 42.6. The number of nitro benzene ring substituents is 1. The number of aromatic amines is 1. The highest BCUT2D eigenvalue weighted by atomic mass is 32.2. The van der Waals surface area contributed by atoms with Crippen molar-refractivity contribution in [1.29, 1.82) is 0 Å². The van der Waals surface area contributed by atoms with E-state index in [1.807, 2.05) is 0 Å². The van der Waals surface area contributed by atoms with Crippen molar-refractivity contribution in [2.45, 2.75) is 107 Å². The van der Waals surface area contributed by atoms with Gasteiger partial charge in [-0.3, -0.25) is 24.7 Å². The minimum Gasteiger partial charge on any atom is -0.474 e. The predicted molar refractivity (Wildman–Crippen MR) is 281 cm³/mol. The normalized spacial score (nSPS) is 23.5. The number of carbonyl (C=O) groups is 1. The molecule has 74 heavy (non-hydrogen) atoms. The topological polar surface area (TPSA) is 205 Å². The molecule has 3 aromatic carbocycles. The molecular weight excluding hydrogens is 968 g/mol. The van der Waals surface area contributed by atoms with Crippen LogP contribution in [-0.4, -0.2) is 128 Å². The van der Waals surface area contributed by atoms with Gasteiger partial charge in [-0.15, -0.1) is 0 Å². The molecule has 2 aliphatic carbocycles. The van der Waals surface area contributed by atoms with Gasteiger partial charge >= 0.3 is 0 Å². The Balaban J connectivity index is 0.887. The van der Waals surface area contributed by atoms with Gasteiger partial charge in [0, 0.05) is 88.5 Å². The highest BCUT2D eigenvalue weighted by molar-refractivity contribution is 7.90. The second-order valence-corrected chi connectivity index (χ2v) is 23.6. The number of amides is 1. The van der Waals surface area contributed by atoms with Crippen molar-refractivity contribution >= 4 is 44.0 Å². The van der Waals surface area contributed by atoms with E-state index in [4.69, 9.17) is 14.2 Å². The molecule has 396 valence electrons. The van der Waals surface area contributed by atoms with E-state index in [0.717, 1.165) is 76.7 Å². The Morgan fingerprint density at radius 1 is 0.986 bits per heavy atom. The summed E-state index contributed by atoms with van der Waals surface area (Å²) >= 11 is 0. The van der Waals surface area contributed by atoms with Gasteiger partial charge in [0.2, 0.25) is 0 Å². The molecule has 5 aromatic rings. The molecule has 17 nitrogen and oxygen atoms in total. The highest BCUT2D eigenvalue weighted by Gasteiger charge is 2.49. The van der Waals surface area contributed by atoms with E-state index < -0.39 is 42.9 Å². The van der Waals surface area contributed by atoms with Crippen molar-refractivity contribution in [3.63, 3.8) is 0 Å². The van der Waals surface area contributed by atoms with Crippen molar-refractivity contribution in [2.75, 3.05) is 82.4 Å². The summed E-state index contributed by atoms with van der Waals surface area (Å²) in [4.78, 5) is 40.1. The summed E-state index contributed by atoms with van der Waals surface area (Å²) in [6.07, 6.45) is 9.49. The third-order valence-corrected chi connectivity index (χ3v) is 17.8. The molecule has 3 saturated heterocycles. The Hall–Kier alpha value is -5.86. The van der Waals surface area contributed by atoms with Crippen LogP contribution in [0.2, 0.25) is 0 Å². The van der Waals surface area contributed by atoms with Crippen LogP contribution in [0.3, 0.4) is 0 Å². The molecule has 19 heteroatoms. The number of nitrogens with one attached hydrogen (secondary N) is 3. The van der Waals surface area contributed by atoms with E-state index in [0.29, 0.717) is 57.0 Å². The molecule has 0 unspecified atom stereocenters. The molecule has 2 aromatic heterocycles. The number of pyridine rings is 1. The molecule has 5 aliphatic rings. The summed E-state index contributed by atoms with van der Waals surface area (Å²) < 4.78 is 63.6. The molecule has 1 amide bonds. The smallest absolute Gasteiger partial charge is 0.293 e. The number of nitrogens with zero attached hydrogens (tertiary/aromatic N) is 5. The number of sulfonamides is 1. The van der Waals surface area contributed by atoms with E-state index in [1.165, 1.54) is 60.9 Å². The van der Waals surface area contributed by atoms with Gasteiger partial charge in [-0.05, 0) is 117 Å². The molecule has 10 rings (SSSR count). The van der Waals surface area contributed by atoms with Crippen molar-refractivity contribution in [3.8, 4) is 17.4 Å². The lowest BCUT2D eigenvalue weighted by Crippen LogP contribution is -2.63. The lowest BCUT2D eigenvalue weighted by Gasteiger charge is -2.57. The molecule has 3 aliphatic heterocycles. The fraction of sp³-hybridized carbons (Fsp3) is 0.527. The summed E-state index contributed by atoms with van der Waals surface area (Å²) in [6, 6.07) is 19.4. The number of carbonyl (C=O) groups excluding carboxylic acids is 1. The van der Waals surface area contributed by atoms with Gasteiger partial charge < -0.3 is 34.5 Å². The maximum atomic E-state index is 15.2. The van der Waals surface area contributed by atoms with Crippen LogP contribution in [0.5, 0.6) is 17.4 Å². The maximum Gasteiger partial charge on any atom is 0.293 e. The lowest BCUT2D eigenvalue weighted by molar-refractivity contribution is -0.384. The van der Waals surface area contributed by atoms with Crippen LogP contribution in [0.4, 0.5) is 21.5 Å². The number of hydrogen-bond acceptors (Lipinski definition) is 14. The standard InChI is InChI=1S/C55H69FN8O9S/c1-36(2)40-7-4-5-8-41(40)42-9-6-10-47(42)63-34-55(35-63)19-21-62(22-20-55)38-11-13-43(49(29-38)73-50-31-44-45(56)33-58-51(44)59-53(50)72-28-25-61-23-26-71-27-24-61)52(65)60-74(69,70)39-12-14-46(48(30-39)64(67)68)57-32-37-15-17-54(3,66)18-16-37/h4-5,7-8,11-14,29-31,33,36-37,42,47,57,66H,6,9-10,15-28,32,34-35H2,1-3H3,(H,58,59)(H,60,65)/t37?,42-,47-,54?/m1/s1.